The first-order valence-corrected chi connectivity index (χ1v) is 3.37. The standard InChI is InChI=1S/C7H8N2O4.Y/c1-3-2-4(9-12)5(6(8)10)7(11)13-3;/h2H,1H3,(H4,8,9,10,11,12);/p-1. The van der Waals surface area contributed by atoms with Crippen molar-refractivity contribution in [2.75, 3.05) is 5.48 Å². The van der Waals surface area contributed by atoms with Crippen LogP contribution in [0.1, 0.15) is 16.1 Å². The number of hydrogen-bond acceptors (Lipinski definition) is 5. The van der Waals surface area contributed by atoms with Crippen molar-refractivity contribution in [3.63, 3.8) is 0 Å². The van der Waals surface area contributed by atoms with Gasteiger partial charge in [-0.05, 0) is 6.92 Å². The maximum absolute atomic E-state index is 11.0. The topological polar surface area (TPSA) is 103 Å². The number of nitrogens with one attached hydrogen (secondary N) is 2. The predicted molar refractivity (Wildman–Crippen MR) is 43.8 cm³/mol. The van der Waals surface area contributed by atoms with E-state index in [-0.39, 0.29) is 44.2 Å². The van der Waals surface area contributed by atoms with Gasteiger partial charge in [0, 0.05) is 38.8 Å². The summed E-state index contributed by atoms with van der Waals surface area (Å²) in [5.41, 5.74) is 6.82. The minimum atomic E-state index is -1.20. The molecule has 0 saturated carbocycles. The van der Waals surface area contributed by atoms with Gasteiger partial charge in [-0.1, -0.05) is 0 Å². The Morgan fingerprint density at radius 2 is 2.21 bits per heavy atom. The molecule has 1 rings (SSSR count). The summed E-state index contributed by atoms with van der Waals surface area (Å²) in [7, 11) is 0. The predicted octanol–water partition coefficient (Wildman–Crippen LogP) is 0.939. The second kappa shape index (κ2) is 5.24. The molecule has 1 amide bonds. The van der Waals surface area contributed by atoms with Gasteiger partial charge in [-0.3, -0.25) is 10.7 Å². The molecule has 0 unspecified atom stereocenters. The summed E-state index contributed by atoms with van der Waals surface area (Å²) in [5.74, 6) is -0.961. The molecule has 3 N–H and O–H groups in total. The monoisotopic (exact) mass is 272 g/mol. The van der Waals surface area contributed by atoms with Crippen LogP contribution >= 0.6 is 0 Å². The molecule has 0 aliphatic rings. The van der Waals surface area contributed by atoms with Crippen LogP contribution in [0.15, 0.2) is 15.3 Å². The molecule has 1 radical (unpaired) electrons. The van der Waals surface area contributed by atoms with Gasteiger partial charge in [0.15, 0.2) is 0 Å². The maximum Gasteiger partial charge on any atom is 0.347 e. The number of anilines is 1. The zero-order chi connectivity index (χ0) is 10.0. The third-order valence-corrected chi connectivity index (χ3v) is 1.42. The van der Waals surface area contributed by atoms with Crippen LogP contribution in [0, 0.1) is 6.92 Å². The number of hydrogen-bond donors (Lipinski definition) is 2. The van der Waals surface area contributed by atoms with Crippen molar-refractivity contribution in [3.8, 4) is 0 Å². The number of rotatable bonds is 2. The Morgan fingerprint density at radius 1 is 1.64 bits per heavy atom. The normalized spacial score (nSPS) is 9.00. The van der Waals surface area contributed by atoms with Gasteiger partial charge in [0.25, 0.3) is 0 Å². The van der Waals surface area contributed by atoms with Crippen LogP contribution in [0.25, 0.3) is 5.73 Å². The van der Waals surface area contributed by atoms with Crippen molar-refractivity contribution in [2.24, 2.45) is 0 Å². The number of aryl methyl sites for hydroxylation is 1. The van der Waals surface area contributed by atoms with Crippen LogP contribution in [-0.2, 0) is 32.7 Å². The average Bonchev–Trinajstić information content (AvgIpc) is 2.01. The number of amides is 1. The third kappa shape index (κ3) is 2.63. The molecule has 6 nitrogen and oxygen atoms in total. The zero-order valence-electron chi connectivity index (χ0n) is 7.33. The Bertz CT molecular complexity index is 401. The van der Waals surface area contributed by atoms with Gasteiger partial charge in [0.05, 0.1) is 11.6 Å². The average molecular weight is 272 g/mol. The van der Waals surface area contributed by atoms with E-state index < -0.39 is 17.1 Å². The van der Waals surface area contributed by atoms with E-state index in [1.807, 2.05) is 0 Å². The molecule has 1 aromatic rings. The number of carbonyl (C=O) groups is 1. The molecule has 0 aliphatic heterocycles. The van der Waals surface area contributed by atoms with E-state index in [1.54, 1.807) is 5.48 Å². The molecule has 73 valence electrons. The van der Waals surface area contributed by atoms with E-state index in [0.717, 1.165) is 0 Å². The Labute approximate surface area is 104 Å². The van der Waals surface area contributed by atoms with Crippen LogP contribution in [0.2, 0.25) is 0 Å². The molecule has 0 aromatic carbocycles. The molecule has 14 heavy (non-hydrogen) atoms. The summed E-state index contributed by atoms with van der Waals surface area (Å²) >= 11 is 0. The van der Waals surface area contributed by atoms with Crippen LogP contribution in [0.4, 0.5) is 5.69 Å². The first-order valence-electron chi connectivity index (χ1n) is 3.37. The number of carbonyl (C=O) groups excluding carboxylic acids is 1. The van der Waals surface area contributed by atoms with Gasteiger partial charge in [-0.25, -0.2) is 4.79 Å². The molecule has 0 bridgehead atoms. The molecule has 0 spiro atoms. The van der Waals surface area contributed by atoms with Gasteiger partial charge < -0.3 is 14.9 Å². The molecule has 1 heterocycles. The largest absolute Gasteiger partial charge is 0.663 e. The van der Waals surface area contributed by atoms with Gasteiger partial charge in [-0.2, -0.15) is 0 Å². The molecule has 0 aliphatic carbocycles. The fraction of sp³-hybridized carbons (Fsp3) is 0.143. The molecule has 1 aromatic heterocycles. The Balaban J connectivity index is 0.00000169. The fourth-order valence-corrected chi connectivity index (χ4v) is 0.915. The molecule has 7 heteroatoms. The van der Waals surface area contributed by atoms with Gasteiger partial charge in [-0.15, -0.1) is 0 Å². The second-order valence-electron chi connectivity index (χ2n) is 2.37. The van der Waals surface area contributed by atoms with Crippen molar-refractivity contribution in [2.45, 2.75) is 6.92 Å². The smallest absolute Gasteiger partial charge is 0.347 e. The third-order valence-electron chi connectivity index (χ3n) is 1.42. The SMILES string of the molecule is Cc1cc(NO)c(C([NH-])=O)c(=O)o1.[Y]. The molecule has 0 fully saturated rings. The summed E-state index contributed by atoms with van der Waals surface area (Å²) in [5, 5.41) is 8.55. The van der Waals surface area contributed by atoms with Crippen molar-refractivity contribution in [1.82, 2.24) is 0 Å². The van der Waals surface area contributed by atoms with E-state index in [9.17, 15) is 9.59 Å². The van der Waals surface area contributed by atoms with E-state index in [0.29, 0.717) is 0 Å². The van der Waals surface area contributed by atoms with E-state index >= 15 is 0 Å². The summed E-state index contributed by atoms with van der Waals surface area (Å²) in [6.07, 6.45) is 0. The van der Waals surface area contributed by atoms with Gasteiger partial charge in [0.1, 0.15) is 11.3 Å². The summed E-state index contributed by atoms with van der Waals surface area (Å²) in [6.45, 7) is 1.49. The van der Waals surface area contributed by atoms with E-state index in [4.69, 9.17) is 10.9 Å². The van der Waals surface area contributed by atoms with Crippen molar-refractivity contribution in [1.29, 1.82) is 0 Å². The zero-order valence-corrected chi connectivity index (χ0v) is 10.2. The first kappa shape index (κ1) is 13.3. The van der Waals surface area contributed by atoms with E-state index in [2.05, 4.69) is 4.42 Å². The second-order valence-corrected chi connectivity index (χ2v) is 2.37. The van der Waals surface area contributed by atoms with Crippen molar-refractivity contribution < 1.29 is 47.1 Å². The quantitative estimate of drug-likeness (QED) is 0.780. The van der Waals surface area contributed by atoms with E-state index in [1.165, 1.54) is 13.0 Å². The minimum Gasteiger partial charge on any atom is -0.663 e. The summed E-state index contributed by atoms with van der Waals surface area (Å²) in [6, 6.07) is 1.25. The van der Waals surface area contributed by atoms with Crippen LogP contribution < -0.4 is 11.1 Å². The van der Waals surface area contributed by atoms with Gasteiger partial charge >= 0.3 is 5.63 Å². The molecule has 0 atom stereocenters. The van der Waals surface area contributed by atoms with Crippen LogP contribution in [-0.4, -0.2) is 11.1 Å². The molecular formula is C7H7N2O4Y-. The van der Waals surface area contributed by atoms with Crippen LogP contribution in [0.5, 0.6) is 0 Å². The molecule has 0 saturated heterocycles. The fourth-order valence-electron chi connectivity index (χ4n) is 0.915. The Morgan fingerprint density at radius 3 is 2.64 bits per heavy atom. The van der Waals surface area contributed by atoms with Crippen LogP contribution in [0.3, 0.4) is 0 Å². The first-order chi connectivity index (χ1) is 6.06. The summed E-state index contributed by atoms with van der Waals surface area (Å²) < 4.78 is 4.56. The minimum absolute atomic E-state index is 0. The maximum atomic E-state index is 11.0. The summed E-state index contributed by atoms with van der Waals surface area (Å²) in [4.78, 5) is 21.6. The Kier molecular flexibility index (Phi) is 4.97. The van der Waals surface area contributed by atoms with Crippen molar-refractivity contribution >= 4 is 11.6 Å². The van der Waals surface area contributed by atoms with Gasteiger partial charge in [0.2, 0.25) is 0 Å². The Hall–Kier alpha value is -0.716. The molecular weight excluding hydrogens is 265 g/mol. The van der Waals surface area contributed by atoms with Crippen molar-refractivity contribution in [3.05, 3.63) is 33.5 Å².